The van der Waals surface area contributed by atoms with Crippen molar-refractivity contribution in [1.29, 1.82) is 0 Å². The van der Waals surface area contributed by atoms with Crippen LogP contribution in [0.2, 0.25) is 0 Å². The predicted octanol–water partition coefficient (Wildman–Crippen LogP) is 2.85. The first kappa shape index (κ1) is 14.1. The highest BCUT2D eigenvalue weighted by atomic mass is 16.2. The van der Waals surface area contributed by atoms with Crippen molar-refractivity contribution >= 4 is 17.3 Å². The zero-order valence-corrected chi connectivity index (χ0v) is 12.2. The van der Waals surface area contributed by atoms with Crippen molar-refractivity contribution in [3.63, 3.8) is 0 Å². The van der Waals surface area contributed by atoms with E-state index < -0.39 is 0 Å². The number of aryl methyl sites for hydroxylation is 1. The van der Waals surface area contributed by atoms with Crippen LogP contribution in [0.1, 0.15) is 42.5 Å². The lowest BCUT2D eigenvalue weighted by Crippen LogP contribution is -2.19. The Morgan fingerprint density at radius 3 is 2.50 bits per heavy atom. The molecule has 0 unspecified atom stereocenters. The van der Waals surface area contributed by atoms with Crippen LogP contribution in [0.3, 0.4) is 0 Å². The fourth-order valence-corrected chi connectivity index (χ4v) is 2.04. The molecule has 1 heterocycles. The maximum atomic E-state index is 12.3. The number of carbonyl (C=O) groups excluding carboxylic acids is 1. The fraction of sp³-hybridized carbons (Fsp3) is 0.333. The second-order valence-corrected chi connectivity index (χ2v) is 5.86. The lowest BCUT2D eigenvalue weighted by Gasteiger charge is -2.22. The van der Waals surface area contributed by atoms with Gasteiger partial charge in [-0.1, -0.05) is 39.0 Å². The van der Waals surface area contributed by atoms with Crippen LogP contribution in [-0.4, -0.2) is 16.1 Å². The second kappa shape index (κ2) is 5.00. The Morgan fingerprint density at radius 2 is 1.95 bits per heavy atom. The number of hydrogen-bond acceptors (Lipinski definition) is 3. The van der Waals surface area contributed by atoms with Gasteiger partial charge in [0.15, 0.2) is 5.69 Å². The molecule has 0 aliphatic rings. The van der Waals surface area contributed by atoms with Crippen molar-refractivity contribution in [2.75, 3.05) is 11.1 Å². The van der Waals surface area contributed by atoms with Gasteiger partial charge in [0, 0.05) is 5.69 Å². The first-order valence-corrected chi connectivity index (χ1v) is 6.52. The molecule has 1 amide bonds. The molecule has 0 radical (unpaired) electrons. The average molecular weight is 272 g/mol. The van der Waals surface area contributed by atoms with Crippen LogP contribution in [0.15, 0.2) is 24.3 Å². The molecular weight excluding hydrogens is 252 g/mol. The molecule has 0 bridgehead atoms. The second-order valence-electron chi connectivity index (χ2n) is 5.86. The SMILES string of the molecule is Cc1[nH]nc(C(=O)Nc2ccccc2C(C)(C)C)c1N. The highest BCUT2D eigenvalue weighted by Gasteiger charge is 2.21. The zero-order chi connectivity index (χ0) is 14.9. The summed E-state index contributed by atoms with van der Waals surface area (Å²) in [5.74, 6) is -0.302. The summed E-state index contributed by atoms with van der Waals surface area (Å²) in [7, 11) is 0. The van der Waals surface area contributed by atoms with Crippen molar-refractivity contribution in [3.05, 3.63) is 41.2 Å². The van der Waals surface area contributed by atoms with E-state index in [1.54, 1.807) is 6.92 Å². The van der Waals surface area contributed by atoms with E-state index in [9.17, 15) is 4.79 Å². The predicted molar refractivity (Wildman–Crippen MR) is 80.8 cm³/mol. The Balaban J connectivity index is 2.32. The van der Waals surface area contributed by atoms with Gasteiger partial charge >= 0.3 is 0 Å². The number of rotatable bonds is 2. The molecule has 0 spiro atoms. The number of amides is 1. The molecular formula is C15H20N4O. The van der Waals surface area contributed by atoms with E-state index in [1.807, 2.05) is 24.3 Å². The monoisotopic (exact) mass is 272 g/mol. The largest absolute Gasteiger partial charge is 0.395 e. The minimum atomic E-state index is -0.302. The number of nitrogens with two attached hydrogens (primary N) is 1. The molecule has 2 rings (SSSR count). The molecule has 1 aromatic carbocycles. The highest BCUT2D eigenvalue weighted by molar-refractivity contribution is 6.06. The molecule has 4 N–H and O–H groups in total. The van der Waals surface area contributed by atoms with Gasteiger partial charge in [-0.25, -0.2) is 0 Å². The Hall–Kier alpha value is -2.30. The smallest absolute Gasteiger partial charge is 0.278 e. The van der Waals surface area contributed by atoms with Crippen LogP contribution in [0.4, 0.5) is 11.4 Å². The van der Waals surface area contributed by atoms with Crippen LogP contribution in [0.5, 0.6) is 0 Å². The number of aromatic amines is 1. The third kappa shape index (κ3) is 2.66. The number of para-hydroxylation sites is 1. The number of nitrogens with zero attached hydrogens (tertiary/aromatic N) is 1. The Kier molecular flexibility index (Phi) is 3.53. The minimum absolute atomic E-state index is 0.0586. The van der Waals surface area contributed by atoms with E-state index in [1.165, 1.54) is 0 Å². The van der Waals surface area contributed by atoms with E-state index in [2.05, 4.69) is 36.3 Å². The van der Waals surface area contributed by atoms with E-state index in [0.717, 1.165) is 11.3 Å². The van der Waals surface area contributed by atoms with Gasteiger partial charge in [0.1, 0.15) is 0 Å². The summed E-state index contributed by atoms with van der Waals surface area (Å²) in [4.78, 5) is 12.3. The van der Waals surface area contributed by atoms with Gasteiger partial charge < -0.3 is 11.1 Å². The van der Waals surface area contributed by atoms with Crippen LogP contribution in [0, 0.1) is 6.92 Å². The van der Waals surface area contributed by atoms with Gasteiger partial charge in [0.25, 0.3) is 5.91 Å². The van der Waals surface area contributed by atoms with E-state index >= 15 is 0 Å². The number of hydrogen-bond donors (Lipinski definition) is 3. The molecule has 5 nitrogen and oxygen atoms in total. The van der Waals surface area contributed by atoms with E-state index in [-0.39, 0.29) is 17.0 Å². The van der Waals surface area contributed by atoms with Crippen molar-refractivity contribution in [1.82, 2.24) is 10.2 Å². The van der Waals surface area contributed by atoms with Crippen LogP contribution >= 0.6 is 0 Å². The summed E-state index contributed by atoms with van der Waals surface area (Å²) in [6, 6.07) is 7.75. The van der Waals surface area contributed by atoms with Crippen molar-refractivity contribution < 1.29 is 4.79 Å². The number of H-pyrrole nitrogens is 1. The molecule has 0 atom stereocenters. The number of carbonyl (C=O) groups is 1. The number of nitrogen functional groups attached to an aromatic ring is 1. The molecule has 20 heavy (non-hydrogen) atoms. The Labute approximate surface area is 118 Å². The quantitative estimate of drug-likeness (QED) is 0.786. The molecule has 2 aromatic rings. The molecule has 5 heteroatoms. The van der Waals surface area contributed by atoms with Crippen LogP contribution in [-0.2, 0) is 5.41 Å². The minimum Gasteiger partial charge on any atom is -0.395 e. The molecule has 0 saturated carbocycles. The van der Waals surface area contributed by atoms with Crippen LogP contribution in [0.25, 0.3) is 0 Å². The summed E-state index contributed by atoms with van der Waals surface area (Å²) < 4.78 is 0. The summed E-state index contributed by atoms with van der Waals surface area (Å²) >= 11 is 0. The number of anilines is 2. The van der Waals surface area contributed by atoms with Gasteiger partial charge in [0.05, 0.1) is 11.4 Å². The van der Waals surface area contributed by atoms with Gasteiger partial charge in [-0.3, -0.25) is 9.89 Å². The summed E-state index contributed by atoms with van der Waals surface area (Å²) in [5, 5.41) is 9.54. The van der Waals surface area contributed by atoms with Crippen molar-refractivity contribution in [2.45, 2.75) is 33.1 Å². The van der Waals surface area contributed by atoms with Crippen LogP contribution < -0.4 is 11.1 Å². The third-order valence-electron chi connectivity index (χ3n) is 3.19. The molecule has 0 aliphatic carbocycles. The van der Waals surface area contributed by atoms with Crippen molar-refractivity contribution in [2.24, 2.45) is 0 Å². The van der Waals surface area contributed by atoms with E-state index in [0.29, 0.717) is 11.4 Å². The fourth-order valence-electron chi connectivity index (χ4n) is 2.04. The normalized spacial score (nSPS) is 11.4. The van der Waals surface area contributed by atoms with Gasteiger partial charge in [0.2, 0.25) is 0 Å². The Morgan fingerprint density at radius 1 is 1.30 bits per heavy atom. The topological polar surface area (TPSA) is 83.8 Å². The molecule has 0 fully saturated rings. The number of benzene rings is 1. The number of nitrogens with one attached hydrogen (secondary N) is 2. The molecule has 1 aromatic heterocycles. The lowest BCUT2D eigenvalue weighted by molar-refractivity contribution is 0.102. The molecule has 0 saturated heterocycles. The summed E-state index contributed by atoms with van der Waals surface area (Å²) in [6.45, 7) is 8.09. The molecule has 0 aliphatic heterocycles. The first-order valence-electron chi connectivity index (χ1n) is 6.52. The maximum Gasteiger partial charge on any atom is 0.278 e. The standard InChI is InChI=1S/C15H20N4O/c1-9-12(16)13(19-18-9)14(20)17-11-8-6-5-7-10(11)15(2,3)4/h5-8H,16H2,1-4H3,(H,17,20)(H,18,19). The Bertz CT molecular complexity index is 638. The van der Waals surface area contributed by atoms with Gasteiger partial charge in [-0.2, -0.15) is 5.10 Å². The first-order chi connectivity index (χ1) is 9.30. The zero-order valence-electron chi connectivity index (χ0n) is 12.2. The average Bonchev–Trinajstić information content (AvgIpc) is 2.69. The van der Waals surface area contributed by atoms with Gasteiger partial charge in [-0.15, -0.1) is 0 Å². The molecule has 106 valence electrons. The lowest BCUT2D eigenvalue weighted by atomic mass is 9.86. The number of aromatic nitrogens is 2. The van der Waals surface area contributed by atoms with E-state index in [4.69, 9.17) is 5.73 Å². The van der Waals surface area contributed by atoms with Gasteiger partial charge in [-0.05, 0) is 24.0 Å². The third-order valence-corrected chi connectivity index (χ3v) is 3.19. The maximum absolute atomic E-state index is 12.3. The highest BCUT2D eigenvalue weighted by Crippen LogP contribution is 2.29. The summed E-state index contributed by atoms with van der Waals surface area (Å²) in [5.41, 5.74) is 8.93. The summed E-state index contributed by atoms with van der Waals surface area (Å²) in [6.07, 6.45) is 0. The van der Waals surface area contributed by atoms with Crippen molar-refractivity contribution in [3.8, 4) is 0 Å².